The van der Waals surface area contributed by atoms with Gasteiger partial charge in [0, 0.05) is 12.4 Å². The normalized spacial score (nSPS) is 10.9. The molecule has 0 saturated carbocycles. The lowest BCUT2D eigenvalue weighted by Gasteiger charge is -2.08. The molecule has 1 heterocycles. The predicted molar refractivity (Wildman–Crippen MR) is 118 cm³/mol. The van der Waals surface area contributed by atoms with Gasteiger partial charge in [-0.3, -0.25) is 4.98 Å². The second-order valence-corrected chi connectivity index (χ2v) is 7.10. The van der Waals surface area contributed by atoms with E-state index in [1.807, 2.05) is 36.7 Å². The van der Waals surface area contributed by atoms with Crippen LogP contribution in [0.3, 0.4) is 0 Å². The topological polar surface area (TPSA) is 12.9 Å². The van der Waals surface area contributed by atoms with Gasteiger partial charge in [-0.25, -0.2) is 4.39 Å². The number of benzene rings is 4. The van der Waals surface area contributed by atoms with Crippen LogP contribution in [0.25, 0.3) is 44.2 Å². The minimum Gasteiger partial charge on any atom is -0.265 e. The Morgan fingerprint density at radius 1 is 0.414 bits per heavy atom. The number of rotatable bonds is 3. The fourth-order valence-corrected chi connectivity index (χ4v) is 3.65. The first-order chi connectivity index (χ1) is 14.3. The van der Waals surface area contributed by atoms with Gasteiger partial charge in [-0.1, -0.05) is 60.7 Å². The van der Waals surface area contributed by atoms with Crippen molar-refractivity contribution >= 4 is 10.8 Å². The standard InChI is InChI=1S/C27H18FN/c28-27-11-9-21(10-12-27)24-6-8-25-17-23(5-7-26(25)18-24)20-3-1-19(2-4-20)22-13-15-29-16-14-22/h1-18H. The Kier molecular flexibility index (Phi) is 4.38. The fourth-order valence-electron chi connectivity index (χ4n) is 3.65. The van der Waals surface area contributed by atoms with Crippen LogP contribution in [0.2, 0.25) is 0 Å². The summed E-state index contributed by atoms with van der Waals surface area (Å²) in [5.41, 5.74) is 6.83. The van der Waals surface area contributed by atoms with Crippen LogP contribution in [0.15, 0.2) is 109 Å². The maximum atomic E-state index is 13.2. The molecule has 0 bridgehead atoms. The molecule has 0 aliphatic rings. The van der Waals surface area contributed by atoms with Crippen LogP contribution in [0.4, 0.5) is 4.39 Å². The molecule has 1 aromatic heterocycles. The Balaban J connectivity index is 1.47. The number of halogens is 1. The number of pyridine rings is 1. The fraction of sp³-hybridized carbons (Fsp3) is 0. The Morgan fingerprint density at radius 2 is 0.793 bits per heavy atom. The second-order valence-electron chi connectivity index (χ2n) is 7.10. The Labute approximate surface area is 169 Å². The van der Waals surface area contributed by atoms with Crippen molar-refractivity contribution in [1.29, 1.82) is 0 Å². The van der Waals surface area contributed by atoms with Gasteiger partial charge in [0.2, 0.25) is 0 Å². The van der Waals surface area contributed by atoms with Crippen LogP contribution in [0, 0.1) is 5.82 Å². The highest BCUT2D eigenvalue weighted by molar-refractivity contribution is 5.91. The van der Waals surface area contributed by atoms with Gasteiger partial charge in [-0.05, 0) is 80.6 Å². The van der Waals surface area contributed by atoms with Crippen LogP contribution in [-0.2, 0) is 0 Å². The maximum Gasteiger partial charge on any atom is 0.123 e. The molecule has 5 aromatic rings. The summed E-state index contributed by atoms with van der Waals surface area (Å²) in [6, 6.07) is 32.1. The van der Waals surface area contributed by atoms with Crippen LogP contribution in [-0.4, -0.2) is 4.98 Å². The molecule has 0 radical (unpaired) electrons. The SMILES string of the molecule is Fc1ccc(-c2ccc3cc(-c4ccc(-c5ccncc5)cc4)ccc3c2)cc1. The number of aromatic nitrogens is 1. The molecule has 0 aliphatic heterocycles. The molecule has 29 heavy (non-hydrogen) atoms. The average Bonchev–Trinajstić information content (AvgIpc) is 2.80. The van der Waals surface area contributed by atoms with Gasteiger partial charge < -0.3 is 0 Å². The third kappa shape index (κ3) is 3.53. The zero-order valence-corrected chi connectivity index (χ0v) is 15.7. The Morgan fingerprint density at radius 3 is 1.31 bits per heavy atom. The van der Waals surface area contributed by atoms with Crippen LogP contribution < -0.4 is 0 Å². The number of nitrogens with zero attached hydrogens (tertiary/aromatic N) is 1. The van der Waals surface area contributed by atoms with E-state index < -0.39 is 0 Å². The lowest BCUT2D eigenvalue weighted by atomic mass is 9.96. The number of fused-ring (bicyclic) bond motifs is 1. The van der Waals surface area contributed by atoms with Crippen molar-refractivity contribution in [2.75, 3.05) is 0 Å². The van der Waals surface area contributed by atoms with E-state index in [0.29, 0.717) is 0 Å². The summed E-state index contributed by atoms with van der Waals surface area (Å²) in [7, 11) is 0. The molecule has 0 unspecified atom stereocenters. The zero-order valence-electron chi connectivity index (χ0n) is 15.7. The summed E-state index contributed by atoms with van der Waals surface area (Å²) in [5.74, 6) is -0.214. The van der Waals surface area contributed by atoms with Gasteiger partial charge in [0.1, 0.15) is 5.82 Å². The molecule has 0 saturated heterocycles. The molecule has 0 aliphatic carbocycles. The van der Waals surface area contributed by atoms with E-state index in [1.54, 1.807) is 0 Å². The highest BCUT2D eigenvalue weighted by Gasteiger charge is 2.04. The smallest absolute Gasteiger partial charge is 0.123 e. The van der Waals surface area contributed by atoms with Crippen molar-refractivity contribution in [3.63, 3.8) is 0 Å². The molecule has 1 nitrogen and oxygen atoms in total. The molecule has 5 rings (SSSR count). The molecular weight excluding hydrogens is 357 g/mol. The first kappa shape index (κ1) is 17.3. The van der Waals surface area contributed by atoms with Gasteiger partial charge in [0.05, 0.1) is 0 Å². The summed E-state index contributed by atoms with van der Waals surface area (Å²) < 4.78 is 13.2. The van der Waals surface area contributed by atoms with E-state index in [0.717, 1.165) is 11.1 Å². The average molecular weight is 375 g/mol. The van der Waals surface area contributed by atoms with E-state index in [1.165, 1.54) is 45.2 Å². The lowest BCUT2D eigenvalue weighted by Crippen LogP contribution is -1.83. The molecule has 4 aromatic carbocycles. The van der Waals surface area contributed by atoms with Crippen molar-refractivity contribution in [2.45, 2.75) is 0 Å². The summed E-state index contributed by atoms with van der Waals surface area (Å²) >= 11 is 0. The first-order valence-electron chi connectivity index (χ1n) is 9.57. The highest BCUT2D eigenvalue weighted by atomic mass is 19.1. The van der Waals surface area contributed by atoms with E-state index in [9.17, 15) is 4.39 Å². The third-order valence-electron chi connectivity index (χ3n) is 5.25. The largest absolute Gasteiger partial charge is 0.265 e. The van der Waals surface area contributed by atoms with Gasteiger partial charge in [-0.2, -0.15) is 0 Å². The Bertz CT molecular complexity index is 1270. The van der Waals surface area contributed by atoms with Gasteiger partial charge >= 0.3 is 0 Å². The van der Waals surface area contributed by atoms with E-state index in [4.69, 9.17) is 0 Å². The van der Waals surface area contributed by atoms with Crippen molar-refractivity contribution in [3.05, 3.63) is 115 Å². The molecule has 0 amide bonds. The zero-order chi connectivity index (χ0) is 19.6. The Hall–Kier alpha value is -3.78. The molecule has 138 valence electrons. The summed E-state index contributed by atoms with van der Waals surface area (Å²) in [6.45, 7) is 0. The minimum absolute atomic E-state index is 0.214. The first-order valence-corrected chi connectivity index (χ1v) is 9.57. The summed E-state index contributed by atoms with van der Waals surface area (Å²) in [6.07, 6.45) is 3.62. The molecule has 0 atom stereocenters. The highest BCUT2D eigenvalue weighted by Crippen LogP contribution is 2.30. The van der Waals surface area contributed by atoms with E-state index >= 15 is 0 Å². The third-order valence-corrected chi connectivity index (χ3v) is 5.25. The molecule has 0 spiro atoms. The van der Waals surface area contributed by atoms with Crippen molar-refractivity contribution in [2.24, 2.45) is 0 Å². The van der Waals surface area contributed by atoms with Crippen LogP contribution in [0.5, 0.6) is 0 Å². The van der Waals surface area contributed by atoms with Crippen molar-refractivity contribution in [1.82, 2.24) is 4.98 Å². The molecule has 0 N–H and O–H groups in total. The van der Waals surface area contributed by atoms with E-state index in [2.05, 4.69) is 65.6 Å². The summed E-state index contributed by atoms with van der Waals surface area (Å²) in [4.78, 5) is 4.08. The minimum atomic E-state index is -0.214. The molecule has 0 fully saturated rings. The molecule has 2 heteroatoms. The lowest BCUT2D eigenvalue weighted by molar-refractivity contribution is 0.628. The van der Waals surface area contributed by atoms with E-state index in [-0.39, 0.29) is 5.82 Å². The second kappa shape index (κ2) is 7.33. The molecular formula is C27H18FN. The quantitative estimate of drug-likeness (QED) is 0.321. The van der Waals surface area contributed by atoms with Crippen LogP contribution in [0.1, 0.15) is 0 Å². The van der Waals surface area contributed by atoms with Crippen molar-refractivity contribution < 1.29 is 4.39 Å². The van der Waals surface area contributed by atoms with Gasteiger partial charge in [-0.15, -0.1) is 0 Å². The number of hydrogen-bond donors (Lipinski definition) is 0. The summed E-state index contributed by atoms with van der Waals surface area (Å²) in [5, 5.41) is 2.36. The van der Waals surface area contributed by atoms with Gasteiger partial charge in [0.15, 0.2) is 0 Å². The van der Waals surface area contributed by atoms with Crippen molar-refractivity contribution in [3.8, 4) is 33.4 Å². The van der Waals surface area contributed by atoms with Gasteiger partial charge in [0.25, 0.3) is 0 Å². The maximum absolute atomic E-state index is 13.2. The predicted octanol–water partition coefficient (Wildman–Crippen LogP) is 7.37. The van der Waals surface area contributed by atoms with Crippen LogP contribution >= 0.6 is 0 Å². The number of hydrogen-bond acceptors (Lipinski definition) is 1. The monoisotopic (exact) mass is 375 g/mol.